The zero-order chi connectivity index (χ0) is 24.3. The minimum absolute atomic E-state index is 0.0292. The van der Waals surface area contributed by atoms with Gasteiger partial charge in [0.2, 0.25) is 0 Å². The van der Waals surface area contributed by atoms with E-state index in [4.69, 9.17) is 23.5 Å². The molecule has 1 saturated heterocycles. The number of fused-ring (bicyclic) bond motifs is 1. The van der Waals surface area contributed by atoms with Crippen molar-refractivity contribution in [1.82, 2.24) is 0 Å². The number of carbonyl (C=O) groups excluding carboxylic acids is 1. The first-order valence-corrected chi connectivity index (χ1v) is 12.0. The lowest BCUT2D eigenvalue weighted by molar-refractivity contribution is -0.141. The van der Waals surface area contributed by atoms with Crippen molar-refractivity contribution in [2.75, 3.05) is 13.7 Å². The fraction of sp³-hybridized carbons (Fsp3) is 0.577. The molecule has 2 aliphatic carbocycles. The highest BCUT2D eigenvalue weighted by Crippen LogP contribution is 2.47. The summed E-state index contributed by atoms with van der Waals surface area (Å²) < 4.78 is 44.5. The number of allylic oxidation sites excluding steroid dienone is 3. The molecule has 0 radical (unpaired) electrons. The van der Waals surface area contributed by atoms with Crippen LogP contribution in [0.15, 0.2) is 40.9 Å². The Morgan fingerprint density at radius 3 is 2.65 bits per heavy atom. The number of halogens is 1. The van der Waals surface area contributed by atoms with Crippen molar-refractivity contribution in [2.24, 2.45) is 0 Å². The quantitative estimate of drug-likeness (QED) is 0.453. The van der Waals surface area contributed by atoms with Gasteiger partial charge in [-0.1, -0.05) is 12.1 Å². The monoisotopic (exact) mass is 470 g/mol. The van der Waals surface area contributed by atoms with Crippen LogP contribution >= 0.6 is 0 Å². The fourth-order valence-electron chi connectivity index (χ4n) is 5.23. The lowest BCUT2D eigenvalue weighted by atomic mass is 9.69. The van der Waals surface area contributed by atoms with E-state index in [-0.39, 0.29) is 24.4 Å². The Bertz CT molecular complexity index is 1050. The summed E-state index contributed by atoms with van der Waals surface area (Å²) in [7, 11) is 0.887. The summed E-state index contributed by atoms with van der Waals surface area (Å²) in [4.78, 5) is 11.7. The largest absolute Gasteiger partial charge is 0.494 e. The van der Waals surface area contributed by atoms with E-state index >= 15 is 4.39 Å². The van der Waals surface area contributed by atoms with Crippen molar-refractivity contribution < 1.29 is 32.7 Å². The number of hydrogen-bond acceptors (Lipinski definition) is 6. The van der Waals surface area contributed by atoms with Gasteiger partial charge in [-0.25, -0.2) is 4.39 Å². The van der Waals surface area contributed by atoms with Crippen molar-refractivity contribution >= 4 is 13.1 Å². The van der Waals surface area contributed by atoms with Crippen LogP contribution in [0.3, 0.4) is 0 Å². The van der Waals surface area contributed by atoms with E-state index in [9.17, 15) is 4.79 Å². The summed E-state index contributed by atoms with van der Waals surface area (Å²) in [5, 5.41) is 0. The number of ether oxygens (including phenoxy) is 3. The smallest absolute Gasteiger partial charge is 0.492 e. The molecule has 1 aromatic rings. The van der Waals surface area contributed by atoms with E-state index in [0.29, 0.717) is 36.5 Å². The molecule has 0 aromatic heterocycles. The SMILES string of the molecule is COC(=O)C[C@@H]1COc2cc(O[C@@H]3CCC4=C3C(F)CC=C4B3OC(C)(C)C(C)(C)O3)ccc21. The number of benzene rings is 1. The molecule has 1 fully saturated rings. The average Bonchev–Trinajstić information content (AvgIpc) is 3.43. The van der Waals surface area contributed by atoms with Gasteiger partial charge < -0.3 is 23.5 Å². The van der Waals surface area contributed by atoms with Crippen molar-refractivity contribution in [3.63, 3.8) is 0 Å². The fourth-order valence-corrected chi connectivity index (χ4v) is 5.23. The van der Waals surface area contributed by atoms with E-state index in [0.717, 1.165) is 23.0 Å². The molecular formula is C26H32BFO6. The van der Waals surface area contributed by atoms with Gasteiger partial charge in [-0.2, -0.15) is 0 Å². The van der Waals surface area contributed by atoms with Crippen LogP contribution in [0.5, 0.6) is 11.5 Å². The molecule has 5 rings (SSSR count). The van der Waals surface area contributed by atoms with E-state index < -0.39 is 24.5 Å². The van der Waals surface area contributed by atoms with Crippen LogP contribution < -0.4 is 9.47 Å². The molecule has 182 valence electrons. The maximum atomic E-state index is 15.1. The van der Waals surface area contributed by atoms with Crippen LogP contribution in [0.25, 0.3) is 0 Å². The molecular weight excluding hydrogens is 438 g/mol. The second-order valence-electron chi connectivity index (χ2n) is 10.5. The summed E-state index contributed by atoms with van der Waals surface area (Å²) in [5.41, 5.74) is 2.69. The van der Waals surface area contributed by atoms with E-state index in [2.05, 4.69) is 0 Å². The Balaban J connectivity index is 1.34. The molecule has 0 saturated carbocycles. The average molecular weight is 470 g/mol. The highest BCUT2D eigenvalue weighted by atomic mass is 19.1. The second-order valence-corrected chi connectivity index (χ2v) is 10.5. The third kappa shape index (κ3) is 3.95. The molecule has 2 aliphatic heterocycles. The van der Waals surface area contributed by atoms with Crippen molar-refractivity contribution in [3.8, 4) is 11.5 Å². The second kappa shape index (κ2) is 8.42. The number of hydrogen-bond donors (Lipinski definition) is 0. The first kappa shape index (κ1) is 23.4. The Labute approximate surface area is 200 Å². The summed E-state index contributed by atoms with van der Waals surface area (Å²) in [6, 6.07) is 5.64. The summed E-state index contributed by atoms with van der Waals surface area (Å²) in [6.45, 7) is 8.53. The lowest BCUT2D eigenvalue weighted by Crippen LogP contribution is -2.41. The number of esters is 1. The van der Waals surface area contributed by atoms with Gasteiger partial charge in [0.25, 0.3) is 0 Å². The Kier molecular flexibility index (Phi) is 5.80. The highest BCUT2D eigenvalue weighted by molar-refractivity contribution is 6.56. The first-order chi connectivity index (χ1) is 16.1. The minimum Gasteiger partial charge on any atom is -0.492 e. The van der Waals surface area contributed by atoms with Crippen LogP contribution in [0.1, 0.15) is 64.9 Å². The normalized spacial score (nSPS) is 28.8. The Morgan fingerprint density at radius 1 is 1.21 bits per heavy atom. The molecule has 1 unspecified atom stereocenters. The van der Waals surface area contributed by atoms with Gasteiger partial charge in [0.15, 0.2) is 0 Å². The van der Waals surface area contributed by atoms with Gasteiger partial charge in [-0.15, -0.1) is 0 Å². The Morgan fingerprint density at radius 2 is 1.94 bits per heavy atom. The van der Waals surface area contributed by atoms with E-state index in [1.165, 1.54) is 7.11 Å². The first-order valence-electron chi connectivity index (χ1n) is 12.0. The van der Waals surface area contributed by atoms with E-state index in [1.807, 2.05) is 52.0 Å². The van der Waals surface area contributed by atoms with Gasteiger partial charge in [0.05, 0.1) is 31.3 Å². The van der Waals surface area contributed by atoms with Crippen LogP contribution in [0, 0.1) is 0 Å². The van der Waals surface area contributed by atoms with Gasteiger partial charge in [-0.3, -0.25) is 4.79 Å². The maximum Gasteiger partial charge on any atom is 0.494 e. The topological polar surface area (TPSA) is 63.2 Å². The number of carbonyl (C=O) groups is 1. The molecule has 8 heteroatoms. The predicted molar refractivity (Wildman–Crippen MR) is 126 cm³/mol. The zero-order valence-corrected chi connectivity index (χ0v) is 20.5. The summed E-state index contributed by atoms with van der Waals surface area (Å²) in [5.74, 6) is 1.05. The molecule has 1 aromatic carbocycles. The minimum atomic E-state index is -1.08. The maximum absolute atomic E-state index is 15.1. The van der Waals surface area contributed by atoms with Crippen LogP contribution in [-0.2, 0) is 18.8 Å². The molecule has 0 N–H and O–H groups in total. The van der Waals surface area contributed by atoms with Crippen LogP contribution in [0.4, 0.5) is 4.39 Å². The third-order valence-electron chi connectivity index (χ3n) is 7.87. The van der Waals surface area contributed by atoms with Crippen LogP contribution in [-0.4, -0.2) is 50.3 Å². The third-order valence-corrected chi connectivity index (χ3v) is 7.87. The molecule has 34 heavy (non-hydrogen) atoms. The van der Waals surface area contributed by atoms with Gasteiger partial charge in [-0.05, 0) is 57.6 Å². The number of methoxy groups -OCH3 is 1. The highest BCUT2D eigenvalue weighted by Gasteiger charge is 2.54. The molecule has 2 heterocycles. The molecule has 3 atom stereocenters. The van der Waals surface area contributed by atoms with Gasteiger partial charge in [0.1, 0.15) is 23.8 Å². The van der Waals surface area contributed by atoms with Gasteiger partial charge in [0, 0.05) is 29.5 Å². The van der Waals surface area contributed by atoms with Gasteiger partial charge >= 0.3 is 13.1 Å². The van der Waals surface area contributed by atoms with Crippen molar-refractivity contribution in [2.45, 2.75) is 82.8 Å². The zero-order valence-electron chi connectivity index (χ0n) is 20.5. The molecule has 0 amide bonds. The summed E-state index contributed by atoms with van der Waals surface area (Å²) >= 11 is 0. The van der Waals surface area contributed by atoms with Crippen LogP contribution in [0.2, 0.25) is 0 Å². The summed E-state index contributed by atoms with van der Waals surface area (Å²) in [6.07, 6.45) is 2.49. The number of alkyl halides is 1. The van der Waals surface area contributed by atoms with Crippen molar-refractivity contribution in [3.05, 3.63) is 46.5 Å². The standard InChI is InChI=1S/C26H32BFO6/c1-25(2)26(3,4)34-27(33-25)19-9-10-20(28)24-18(19)8-11-21(24)32-16-6-7-17-15(12-23(29)30-5)14-31-22(17)13-16/h6-7,9,13,15,20-21H,8,10-12,14H2,1-5H3/t15-,20?,21-/m1/s1. The predicted octanol–water partition coefficient (Wildman–Crippen LogP) is 4.86. The molecule has 0 bridgehead atoms. The van der Waals surface area contributed by atoms with Crippen molar-refractivity contribution in [1.29, 1.82) is 0 Å². The van der Waals surface area contributed by atoms with E-state index in [1.54, 1.807) is 0 Å². The molecule has 0 spiro atoms. The lowest BCUT2D eigenvalue weighted by Gasteiger charge is -2.32. The number of rotatable bonds is 5. The Hall–Kier alpha value is -2.32. The molecule has 4 aliphatic rings. The molecule has 6 nitrogen and oxygen atoms in total.